The van der Waals surface area contributed by atoms with E-state index in [0.717, 1.165) is 25.9 Å². The van der Waals surface area contributed by atoms with Gasteiger partial charge >= 0.3 is 0 Å². The van der Waals surface area contributed by atoms with Crippen molar-refractivity contribution in [2.45, 2.75) is 12.8 Å². The summed E-state index contributed by atoms with van der Waals surface area (Å²) in [5.74, 6) is 0.00793. The van der Waals surface area contributed by atoms with Gasteiger partial charge in [0.05, 0.1) is 20.8 Å². The van der Waals surface area contributed by atoms with Crippen LogP contribution in [0.5, 0.6) is 0 Å². The maximum absolute atomic E-state index is 12.0. The van der Waals surface area contributed by atoms with Crippen molar-refractivity contribution < 1.29 is 4.79 Å². The summed E-state index contributed by atoms with van der Waals surface area (Å²) < 4.78 is 0. The topological polar surface area (TPSA) is 41.1 Å². The first-order chi connectivity index (χ1) is 8.58. The normalized spacial score (nSPS) is 16.6. The van der Waals surface area contributed by atoms with E-state index in [1.807, 2.05) is 0 Å². The number of carbonyl (C=O) groups excluding carboxylic acids is 1. The quantitative estimate of drug-likeness (QED) is 0.820. The van der Waals surface area contributed by atoms with Crippen molar-refractivity contribution in [3.63, 3.8) is 0 Å². The van der Waals surface area contributed by atoms with Gasteiger partial charge in [-0.1, -0.05) is 34.8 Å². The zero-order chi connectivity index (χ0) is 13.1. The van der Waals surface area contributed by atoms with Crippen LogP contribution in [0.15, 0.2) is 12.1 Å². The van der Waals surface area contributed by atoms with Crippen molar-refractivity contribution in [3.05, 3.63) is 27.2 Å². The van der Waals surface area contributed by atoms with Crippen LogP contribution in [0.4, 0.5) is 5.69 Å². The van der Waals surface area contributed by atoms with E-state index in [1.165, 1.54) is 6.07 Å². The molecule has 18 heavy (non-hydrogen) atoms. The first kappa shape index (κ1) is 13.9. The molecule has 2 N–H and O–H groups in total. The summed E-state index contributed by atoms with van der Waals surface area (Å²) in [6, 6.07) is 3.11. The summed E-state index contributed by atoms with van der Waals surface area (Å²) in [4.78, 5) is 12.0. The fraction of sp³-hybridized carbons (Fsp3) is 0.417. The number of carbonyl (C=O) groups is 1. The lowest BCUT2D eigenvalue weighted by Gasteiger charge is -2.22. The summed E-state index contributed by atoms with van der Waals surface area (Å²) >= 11 is 17.8. The van der Waals surface area contributed by atoms with E-state index in [1.54, 1.807) is 6.07 Å². The molecule has 1 aliphatic rings. The Labute approximate surface area is 121 Å². The summed E-state index contributed by atoms with van der Waals surface area (Å²) in [6.07, 6.45) is 1.68. The molecule has 0 saturated carbocycles. The highest BCUT2D eigenvalue weighted by molar-refractivity contribution is 6.44. The van der Waals surface area contributed by atoms with Gasteiger partial charge in [-0.15, -0.1) is 0 Å². The third-order valence-corrected chi connectivity index (χ3v) is 4.01. The molecular weight excluding hydrogens is 295 g/mol. The number of rotatable bonds is 2. The Morgan fingerprint density at radius 2 is 1.72 bits per heavy atom. The number of amides is 1. The van der Waals surface area contributed by atoms with Gasteiger partial charge in [-0.2, -0.15) is 0 Å². The SMILES string of the molecule is O=C(Nc1cc(Cl)c(Cl)cc1Cl)C1CCNCC1. The third kappa shape index (κ3) is 3.29. The number of benzene rings is 1. The highest BCUT2D eigenvalue weighted by atomic mass is 35.5. The number of hydrogen-bond acceptors (Lipinski definition) is 2. The molecule has 0 unspecified atom stereocenters. The van der Waals surface area contributed by atoms with Gasteiger partial charge in [-0.25, -0.2) is 0 Å². The van der Waals surface area contributed by atoms with E-state index in [9.17, 15) is 4.79 Å². The van der Waals surface area contributed by atoms with Gasteiger partial charge in [-0.3, -0.25) is 4.79 Å². The largest absolute Gasteiger partial charge is 0.324 e. The van der Waals surface area contributed by atoms with E-state index in [0.29, 0.717) is 20.8 Å². The predicted molar refractivity (Wildman–Crippen MR) is 75.7 cm³/mol. The minimum Gasteiger partial charge on any atom is -0.324 e. The Hall–Kier alpha value is -0.480. The predicted octanol–water partition coefficient (Wildman–Crippen LogP) is 3.58. The van der Waals surface area contributed by atoms with Crippen LogP contribution in [0.3, 0.4) is 0 Å². The Bertz CT molecular complexity index is 459. The molecule has 1 aromatic carbocycles. The van der Waals surface area contributed by atoms with Crippen LogP contribution in [0.2, 0.25) is 15.1 Å². The Balaban J connectivity index is 2.08. The van der Waals surface area contributed by atoms with Crippen molar-refractivity contribution in [2.24, 2.45) is 5.92 Å². The molecule has 0 bridgehead atoms. The summed E-state index contributed by atoms with van der Waals surface area (Å²) in [5.41, 5.74) is 0.509. The molecule has 1 amide bonds. The van der Waals surface area contributed by atoms with Crippen LogP contribution >= 0.6 is 34.8 Å². The highest BCUT2D eigenvalue weighted by Crippen LogP contribution is 2.32. The van der Waals surface area contributed by atoms with Crippen LogP contribution in [0.1, 0.15) is 12.8 Å². The lowest BCUT2D eigenvalue weighted by Crippen LogP contribution is -2.34. The monoisotopic (exact) mass is 306 g/mol. The van der Waals surface area contributed by atoms with Crippen molar-refractivity contribution in [3.8, 4) is 0 Å². The van der Waals surface area contributed by atoms with Gasteiger partial charge < -0.3 is 10.6 Å². The standard InChI is InChI=1S/C12H13Cl3N2O/c13-8-5-10(15)11(6-9(8)14)17-12(18)7-1-3-16-4-2-7/h5-7,16H,1-4H2,(H,17,18). The van der Waals surface area contributed by atoms with Crippen molar-refractivity contribution in [2.75, 3.05) is 18.4 Å². The first-order valence-corrected chi connectivity index (χ1v) is 6.87. The van der Waals surface area contributed by atoms with Gasteiger partial charge in [0.15, 0.2) is 0 Å². The molecular formula is C12H13Cl3N2O. The van der Waals surface area contributed by atoms with Gasteiger partial charge in [0, 0.05) is 5.92 Å². The van der Waals surface area contributed by atoms with E-state index in [2.05, 4.69) is 10.6 Å². The minimum atomic E-state index is -0.0169. The molecule has 6 heteroatoms. The van der Waals surface area contributed by atoms with Gasteiger partial charge in [0.25, 0.3) is 0 Å². The second kappa shape index (κ2) is 6.11. The molecule has 0 aliphatic carbocycles. The van der Waals surface area contributed by atoms with Crippen LogP contribution in [-0.4, -0.2) is 19.0 Å². The second-order valence-corrected chi connectivity index (χ2v) is 5.48. The molecule has 98 valence electrons. The lowest BCUT2D eigenvalue weighted by atomic mass is 9.97. The number of piperidine rings is 1. The van der Waals surface area contributed by atoms with E-state index in [4.69, 9.17) is 34.8 Å². The second-order valence-electron chi connectivity index (χ2n) is 4.26. The lowest BCUT2D eigenvalue weighted by molar-refractivity contribution is -0.120. The zero-order valence-corrected chi connectivity index (χ0v) is 11.9. The molecule has 1 aromatic rings. The van der Waals surface area contributed by atoms with Gasteiger partial charge in [0.2, 0.25) is 5.91 Å². The van der Waals surface area contributed by atoms with E-state index in [-0.39, 0.29) is 11.8 Å². The van der Waals surface area contributed by atoms with Crippen LogP contribution in [-0.2, 0) is 4.79 Å². The molecule has 1 fully saturated rings. The molecule has 0 aromatic heterocycles. The molecule has 0 spiro atoms. The summed E-state index contributed by atoms with van der Waals surface area (Å²) in [6.45, 7) is 1.74. The third-order valence-electron chi connectivity index (χ3n) is 2.98. The summed E-state index contributed by atoms with van der Waals surface area (Å²) in [5, 5.41) is 7.17. The zero-order valence-electron chi connectivity index (χ0n) is 9.60. The maximum Gasteiger partial charge on any atom is 0.227 e. The molecule has 1 saturated heterocycles. The Morgan fingerprint density at radius 3 is 2.39 bits per heavy atom. The van der Waals surface area contributed by atoms with Crippen LogP contribution in [0, 0.1) is 5.92 Å². The van der Waals surface area contributed by atoms with E-state index < -0.39 is 0 Å². The van der Waals surface area contributed by atoms with Gasteiger partial charge in [-0.05, 0) is 38.1 Å². The average Bonchev–Trinajstić information content (AvgIpc) is 2.37. The number of anilines is 1. The van der Waals surface area contributed by atoms with Crippen molar-refractivity contribution in [1.29, 1.82) is 0 Å². The fourth-order valence-electron chi connectivity index (χ4n) is 1.94. The highest BCUT2D eigenvalue weighted by Gasteiger charge is 2.21. The molecule has 2 rings (SSSR count). The van der Waals surface area contributed by atoms with Crippen molar-refractivity contribution >= 4 is 46.4 Å². The number of nitrogens with one attached hydrogen (secondary N) is 2. The average molecular weight is 308 g/mol. The first-order valence-electron chi connectivity index (χ1n) is 5.74. The fourth-order valence-corrected chi connectivity index (χ4v) is 2.53. The smallest absolute Gasteiger partial charge is 0.227 e. The molecule has 3 nitrogen and oxygen atoms in total. The molecule has 1 aliphatic heterocycles. The van der Waals surface area contributed by atoms with E-state index >= 15 is 0 Å². The van der Waals surface area contributed by atoms with Crippen molar-refractivity contribution in [1.82, 2.24) is 5.32 Å². The number of hydrogen-bond donors (Lipinski definition) is 2. The Kier molecular flexibility index (Phi) is 4.73. The molecule has 1 heterocycles. The molecule has 0 atom stereocenters. The minimum absolute atomic E-state index is 0.0169. The number of halogens is 3. The summed E-state index contributed by atoms with van der Waals surface area (Å²) in [7, 11) is 0. The van der Waals surface area contributed by atoms with Crippen LogP contribution in [0.25, 0.3) is 0 Å². The molecule has 0 radical (unpaired) electrons. The van der Waals surface area contributed by atoms with Crippen LogP contribution < -0.4 is 10.6 Å². The Morgan fingerprint density at radius 1 is 1.11 bits per heavy atom. The maximum atomic E-state index is 12.0. The van der Waals surface area contributed by atoms with Gasteiger partial charge in [0.1, 0.15) is 0 Å².